The number of carbonyl (C=O) groups excluding carboxylic acids is 1. The van der Waals surface area contributed by atoms with Crippen LogP contribution in [-0.4, -0.2) is 29.1 Å². The number of H-pyrrole nitrogens is 1. The highest BCUT2D eigenvalue weighted by atomic mass is 16.5. The molecule has 116 valence electrons. The maximum Gasteiger partial charge on any atom is 0.354 e. The Morgan fingerprint density at radius 2 is 1.86 bits per heavy atom. The van der Waals surface area contributed by atoms with E-state index in [1.165, 1.54) is 7.11 Å². The lowest BCUT2D eigenvalue weighted by Gasteiger charge is -2.13. The maximum atomic E-state index is 11.8. The number of carboxylic acids is 1. The number of esters is 1. The van der Waals surface area contributed by atoms with Crippen molar-refractivity contribution in [2.75, 3.05) is 7.11 Å². The van der Waals surface area contributed by atoms with Crippen LogP contribution in [0, 0.1) is 6.92 Å². The molecule has 22 heavy (non-hydrogen) atoms. The second-order valence-corrected chi connectivity index (χ2v) is 5.30. The summed E-state index contributed by atoms with van der Waals surface area (Å²) < 4.78 is 4.70. The van der Waals surface area contributed by atoms with E-state index in [0.29, 0.717) is 17.5 Å². The van der Waals surface area contributed by atoms with E-state index in [0.717, 1.165) is 5.56 Å². The average Bonchev–Trinajstić information content (AvgIpc) is 2.85. The quantitative estimate of drug-likeness (QED) is 0.831. The summed E-state index contributed by atoms with van der Waals surface area (Å²) >= 11 is 0. The number of aromatic nitrogens is 1. The van der Waals surface area contributed by atoms with E-state index in [-0.39, 0.29) is 17.3 Å². The molecule has 1 aromatic heterocycles. The summed E-state index contributed by atoms with van der Waals surface area (Å²) in [4.78, 5) is 25.9. The van der Waals surface area contributed by atoms with Crippen molar-refractivity contribution in [3.05, 3.63) is 58.4 Å². The van der Waals surface area contributed by atoms with Gasteiger partial charge in [-0.2, -0.15) is 0 Å². The molecule has 2 aromatic rings. The number of rotatable bonds is 5. The van der Waals surface area contributed by atoms with Crippen molar-refractivity contribution in [2.45, 2.75) is 26.2 Å². The Morgan fingerprint density at radius 3 is 2.41 bits per heavy atom. The number of aromatic carboxylic acids is 1. The Balaban J connectivity index is 2.42. The molecule has 0 saturated carbocycles. The first-order chi connectivity index (χ1) is 10.5. The van der Waals surface area contributed by atoms with Gasteiger partial charge in [-0.15, -0.1) is 0 Å². The first kappa shape index (κ1) is 15.8. The Labute approximate surface area is 128 Å². The molecule has 2 N–H and O–H groups in total. The molecule has 5 nitrogen and oxygen atoms in total. The van der Waals surface area contributed by atoms with Gasteiger partial charge in [0.2, 0.25) is 0 Å². The Kier molecular flexibility index (Phi) is 4.65. The fourth-order valence-electron chi connectivity index (χ4n) is 2.77. The fourth-order valence-corrected chi connectivity index (χ4v) is 2.77. The van der Waals surface area contributed by atoms with Crippen LogP contribution < -0.4 is 0 Å². The van der Waals surface area contributed by atoms with Crippen LogP contribution >= 0.6 is 0 Å². The number of hydrogen-bond donors (Lipinski definition) is 2. The maximum absolute atomic E-state index is 11.8. The Hall–Kier alpha value is -2.56. The lowest BCUT2D eigenvalue weighted by atomic mass is 9.90. The number of carboxylic acid groups (broad SMARTS) is 1. The highest BCUT2D eigenvalue weighted by Crippen LogP contribution is 2.29. The smallest absolute Gasteiger partial charge is 0.354 e. The monoisotopic (exact) mass is 301 g/mol. The third kappa shape index (κ3) is 3.03. The topological polar surface area (TPSA) is 79.4 Å². The second kappa shape index (κ2) is 6.47. The van der Waals surface area contributed by atoms with Crippen molar-refractivity contribution >= 4 is 11.9 Å². The Bertz CT molecular complexity index is 688. The fraction of sp³-hybridized carbons (Fsp3) is 0.294. The van der Waals surface area contributed by atoms with Gasteiger partial charge in [0.15, 0.2) is 0 Å². The van der Waals surface area contributed by atoms with Gasteiger partial charge in [0.05, 0.1) is 7.11 Å². The predicted octanol–water partition coefficient (Wildman–Crippen LogP) is 3.15. The molecular weight excluding hydrogens is 282 g/mol. The zero-order valence-corrected chi connectivity index (χ0v) is 12.8. The van der Waals surface area contributed by atoms with Crippen molar-refractivity contribution in [3.8, 4) is 0 Å². The molecule has 5 heteroatoms. The second-order valence-electron chi connectivity index (χ2n) is 5.30. The molecule has 1 aromatic carbocycles. The summed E-state index contributed by atoms with van der Waals surface area (Å²) in [6.45, 7) is 3.70. The lowest BCUT2D eigenvalue weighted by Crippen LogP contribution is -2.07. The summed E-state index contributed by atoms with van der Waals surface area (Å²) in [5, 5.41) is 9.39. The number of benzene rings is 1. The van der Waals surface area contributed by atoms with E-state index in [9.17, 15) is 14.7 Å². The van der Waals surface area contributed by atoms with E-state index < -0.39 is 11.9 Å². The van der Waals surface area contributed by atoms with Crippen molar-refractivity contribution in [2.24, 2.45) is 0 Å². The molecule has 1 unspecified atom stereocenters. The summed E-state index contributed by atoms with van der Waals surface area (Å²) in [7, 11) is 1.27. The van der Waals surface area contributed by atoms with Gasteiger partial charge >= 0.3 is 11.9 Å². The zero-order chi connectivity index (χ0) is 16.3. The van der Waals surface area contributed by atoms with Crippen LogP contribution in [0.4, 0.5) is 0 Å². The third-order valence-electron chi connectivity index (χ3n) is 3.78. The minimum atomic E-state index is -1.08. The van der Waals surface area contributed by atoms with Crippen LogP contribution in [-0.2, 0) is 11.2 Å². The van der Waals surface area contributed by atoms with E-state index in [4.69, 9.17) is 4.74 Å². The van der Waals surface area contributed by atoms with E-state index in [1.807, 2.05) is 37.3 Å². The molecular formula is C17H19NO4. The SMILES string of the molecule is COC(=O)c1[nH]c(C(=O)O)c(C(C)Cc2ccccc2)c1C. The molecule has 0 bridgehead atoms. The van der Waals surface area contributed by atoms with Crippen LogP contribution in [0.1, 0.15) is 50.5 Å². The number of ether oxygens (including phenoxy) is 1. The third-order valence-corrected chi connectivity index (χ3v) is 3.78. The predicted molar refractivity (Wildman–Crippen MR) is 82.4 cm³/mol. The van der Waals surface area contributed by atoms with Gasteiger partial charge in [0.25, 0.3) is 0 Å². The van der Waals surface area contributed by atoms with Gasteiger partial charge in [-0.1, -0.05) is 37.3 Å². The number of hydrogen-bond acceptors (Lipinski definition) is 3. The summed E-state index contributed by atoms with van der Waals surface area (Å²) in [6.07, 6.45) is 0.695. The van der Waals surface area contributed by atoms with Crippen LogP contribution in [0.15, 0.2) is 30.3 Å². The Morgan fingerprint density at radius 1 is 1.23 bits per heavy atom. The first-order valence-electron chi connectivity index (χ1n) is 7.03. The van der Waals surface area contributed by atoms with Crippen molar-refractivity contribution in [3.63, 3.8) is 0 Å². The minimum absolute atomic E-state index is 0.0387. The molecule has 0 amide bonds. The molecule has 0 aliphatic heterocycles. The zero-order valence-electron chi connectivity index (χ0n) is 12.8. The molecule has 0 saturated heterocycles. The van der Waals surface area contributed by atoms with Gasteiger partial charge in [-0.3, -0.25) is 0 Å². The largest absolute Gasteiger partial charge is 0.477 e. The standard InChI is InChI=1S/C17H19NO4/c1-10(9-12-7-5-4-6-8-12)13-11(2)14(17(21)22-3)18-15(13)16(19)20/h4-8,10,18H,9H2,1-3H3,(H,19,20). The number of methoxy groups -OCH3 is 1. The van der Waals surface area contributed by atoms with E-state index >= 15 is 0 Å². The first-order valence-corrected chi connectivity index (χ1v) is 7.03. The van der Waals surface area contributed by atoms with Gasteiger partial charge in [0.1, 0.15) is 11.4 Å². The van der Waals surface area contributed by atoms with Gasteiger partial charge < -0.3 is 14.8 Å². The van der Waals surface area contributed by atoms with Gasteiger partial charge in [0, 0.05) is 0 Å². The molecule has 0 spiro atoms. The number of carbonyl (C=O) groups is 2. The summed E-state index contributed by atoms with van der Waals surface area (Å²) in [5.41, 5.74) is 2.66. The van der Waals surface area contributed by atoms with Crippen LogP contribution in [0.3, 0.4) is 0 Å². The molecule has 1 heterocycles. The molecule has 2 rings (SSSR count). The molecule has 0 aliphatic rings. The van der Waals surface area contributed by atoms with Gasteiger partial charge in [-0.25, -0.2) is 9.59 Å². The molecule has 0 fully saturated rings. The van der Waals surface area contributed by atoms with Gasteiger partial charge in [-0.05, 0) is 36.0 Å². The average molecular weight is 301 g/mol. The highest BCUT2D eigenvalue weighted by molar-refractivity contribution is 5.95. The van der Waals surface area contributed by atoms with Crippen molar-refractivity contribution in [1.82, 2.24) is 4.98 Å². The van der Waals surface area contributed by atoms with Crippen LogP contribution in [0.5, 0.6) is 0 Å². The minimum Gasteiger partial charge on any atom is -0.477 e. The van der Waals surface area contributed by atoms with E-state index in [1.54, 1.807) is 6.92 Å². The van der Waals surface area contributed by atoms with Crippen molar-refractivity contribution in [1.29, 1.82) is 0 Å². The molecule has 1 atom stereocenters. The normalized spacial score (nSPS) is 12.0. The number of nitrogens with one attached hydrogen (secondary N) is 1. The van der Waals surface area contributed by atoms with Crippen LogP contribution in [0.2, 0.25) is 0 Å². The van der Waals surface area contributed by atoms with Crippen molar-refractivity contribution < 1.29 is 19.4 Å². The molecule has 0 radical (unpaired) electrons. The summed E-state index contributed by atoms with van der Waals surface area (Å²) in [6, 6.07) is 9.84. The van der Waals surface area contributed by atoms with Crippen LogP contribution in [0.25, 0.3) is 0 Å². The molecule has 0 aliphatic carbocycles. The summed E-state index contributed by atoms with van der Waals surface area (Å²) in [5.74, 6) is -1.67. The highest BCUT2D eigenvalue weighted by Gasteiger charge is 2.26. The number of aromatic amines is 1. The lowest BCUT2D eigenvalue weighted by molar-refractivity contribution is 0.0594. The van der Waals surface area contributed by atoms with E-state index in [2.05, 4.69) is 4.98 Å².